The molecule has 0 aliphatic carbocycles. The summed E-state index contributed by atoms with van der Waals surface area (Å²) in [6.07, 6.45) is 1.53. The average Bonchev–Trinajstić information content (AvgIpc) is 3.36. The smallest absolute Gasteiger partial charge is 0.354 e. The number of halogens is 1. The van der Waals surface area contributed by atoms with Gasteiger partial charge in [0.1, 0.15) is 11.5 Å². The van der Waals surface area contributed by atoms with Crippen molar-refractivity contribution in [2.45, 2.75) is 33.4 Å². The van der Waals surface area contributed by atoms with Gasteiger partial charge in [-0.3, -0.25) is 9.59 Å². The Hall–Kier alpha value is -3.13. The van der Waals surface area contributed by atoms with E-state index in [-0.39, 0.29) is 18.2 Å². The summed E-state index contributed by atoms with van der Waals surface area (Å²) in [4.78, 5) is 40.8. The topological polar surface area (TPSA) is 81.8 Å². The van der Waals surface area contributed by atoms with Crippen molar-refractivity contribution in [1.29, 1.82) is 0 Å². The number of nitrogens with zero attached hydrogens (tertiary/aromatic N) is 2. The molecule has 1 atom stereocenters. The van der Waals surface area contributed by atoms with Crippen molar-refractivity contribution >= 4 is 33.6 Å². The van der Waals surface area contributed by atoms with Crippen molar-refractivity contribution in [3.8, 4) is 0 Å². The normalized spacial score (nSPS) is 11.8. The number of benzene rings is 1. The number of esters is 1. The zero-order valence-electron chi connectivity index (χ0n) is 18.6. The van der Waals surface area contributed by atoms with Crippen molar-refractivity contribution < 1.29 is 23.5 Å². The fourth-order valence-corrected chi connectivity index (χ4v) is 4.22. The molecule has 3 aromatic rings. The van der Waals surface area contributed by atoms with Crippen LogP contribution in [0.1, 0.15) is 55.1 Å². The molecule has 0 saturated carbocycles. The van der Waals surface area contributed by atoms with Gasteiger partial charge in [-0.25, -0.2) is 4.79 Å². The molecule has 1 unspecified atom stereocenters. The lowest BCUT2D eigenvalue weighted by atomic mass is 9.99. The maximum atomic E-state index is 13.6. The lowest BCUT2D eigenvalue weighted by molar-refractivity contribution is 0.0586. The minimum atomic E-state index is -0.808. The van der Waals surface area contributed by atoms with E-state index in [1.807, 2.05) is 6.07 Å². The zero-order chi connectivity index (χ0) is 23.6. The highest BCUT2D eigenvalue weighted by Crippen LogP contribution is 2.26. The number of furan rings is 1. The van der Waals surface area contributed by atoms with Crippen LogP contribution >= 0.6 is 15.9 Å². The predicted octanol–water partition coefficient (Wildman–Crippen LogP) is 4.70. The van der Waals surface area contributed by atoms with E-state index >= 15 is 0 Å². The molecule has 0 N–H and O–H groups in total. The van der Waals surface area contributed by atoms with E-state index in [0.29, 0.717) is 33.8 Å². The van der Waals surface area contributed by atoms with Crippen molar-refractivity contribution in [2.75, 3.05) is 7.11 Å². The molecular formula is C24H25BrN2O5. The fourth-order valence-electron chi connectivity index (χ4n) is 3.82. The lowest BCUT2D eigenvalue weighted by Gasteiger charge is -2.28. The van der Waals surface area contributed by atoms with Crippen LogP contribution in [0.3, 0.4) is 0 Å². The van der Waals surface area contributed by atoms with Crippen LogP contribution in [0.4, 0.5) is 0 Å². The van der Waals surface area contributed by atoms with E-state index in [9.17, 15) is 14.4 Å². The molecule has 2 aromatic heterocycles. The molecule has 0 aliphatic heterocycles. The largest absolute Gasteiger partial charge is 0.467 e. The maximum Gasteiger partial charge on any atom is 0.354 e. The highest BCUT2D eigenvalue weighted by molar-refractivity contribution is 9.10. The van der Waals surface area contributed by atoms with Crippen LogP contribution in [0.15, 0.2) is 51.6 Å². The number of carbonyl (C=O) groups is 3. The summed E-state index contributed by atoms with van der Waals surface area (Å²) in [6.45, 7) is 5.30. The summed E-state index contributed by atoms with van der Waals surface area (Å²) >= 11 is 3.39. The zero-order valence-corrected chi connectivity index (χ0v) is 20.2. The Morgan fingerprint density at radius 2 is 1.91 bits per heavy atom. The number of aromatic nitrogens is 1. The second kappa shape index (κ2) is 9.56. The maximum absolute atomic E-state index is 13.6. The Kier molecular flexibility index (Phi) is 7.03. The molecule has 0 bridgehead atoms. The summed E-state index contributed by atoms with van der Waals surface area (Å²) in [7, 11) is 3.01. The first kappa shape index (κ1) is 23.5. The molecule has 1 amide bonds. The van der Waals surface area contributed by atoms with E-state index in [4.69, 9.17) is 9.15 Å². The highest BCUT2D eigenvalue weighted by Gasteiger charge is 2.33. The summed E-state index contributed by atoms with van der Waals surface area (Å²) in [5.74, 6) is -0.522. The molecule has 1 aromatic carbocycles. The molecule has 7 nitrogen and oxygen atoms in total. The molecule has 0 fully saturated rings. The Labute approximate surface area is 195 Å². The van der Waals surface area contributed by atoms with E-state index in [1.54, 1.807) is 62.7 Å². The first-order valence-electron chi connectivity index (χ1n) is 10.0. The number of ether oxygens (including phenoxy) is 1. The number of hydrogen-bond acceptors (Lipinski definition) is 5. The van der Waals surface area contributed by atoms with Crippen molar-refractivity contribution in [2.24, 2.45) is 7.05 Å². The molecule has 0 saturated heterocycles. The molecule has 32 heavy (non-hydrogen) atoms. The van der Waals surface area contributed by atoms with Crippen molar-refractivity contribution in [3.63, 3.8) is 0 Å². The third kappa shape index (κ3) is 4.41. The van der Waals surface area contributed by atoms with Crippen LogP contribution < -0.4 is 0 Å². The van der Waals surface area contributed by atoms with Gasteiger partial charge in [-0.1, -0.05) is 22.0 Å². The quantitative estimate of drug-likeness (QED) is 0.347. The minimum Gasteiger partial charge on any atom is -0.467 e. The number of methoxy groups -OCH3 is 1. The number of carbonyl (C=O) groups excluding carboxylic acids is 3. The van der Waals surface area contributed by atoms with Gasteiger partial charge in [0, 0.05) is 28.3 Å². The van der Waals surface area contributed by atoms with Gasteiger partial charge >= 0.3 is 5.97 Å². The van der Waals surface area contributed by atoms with Gasteiger partial charge in [0.25, 0.3) is 5.91 Å². The van der Waals surface area contributed by atoms with Gasteiger partial charge in [0.2, 0.25) is 0 Å². The van der Waals surface area contributed by atoms with E-state index in [2.05, 4.69) is 15.9 Å². The molecule has 168 valence electrons. The van der Waals surface area contributed by atoms with Crippen LogP contribution in [0.25, 0.3) is 0 Å². The Bertz CT molecular complexity index is 1160. The molecule has 0 aliphatic rings. The van der Waals surface area contributed by atoms with Gasteiger partial charge in [-0.05, 0) is 56.7 Å². The van der Waals surface area contributed by atoms with Crippen molar-refractivity contribution in [3.05, 3.63) is 81.0 Å². The van der Waals surface area contributed by atoms with Gasteiger partial charge in [0.05, 0.1) is 26.0 Å². The van der Waals surface area contributed by atoms with Crippen LogP contribution in [0.5, 0.6) is 0 Å². The highest BCUT2D eigenvalue weighted by atomic mass is 79.9. The van der Waals surface area contributed by atoms with Crippen molar-refractivity contribution in [1.82, 2.24) is 9.47 Å². The summed E-state index contributed by atoms with van der Waals surface area (Å²) in [6, 6.07) is 9.69. The molecule has 0 radical (unpaired) electrons. The first-order valence-corrected chi connectivity index (χ1v) is 10.8. The number of Topliss-reactive ketones (excluding diaryl/α,β-unsaturated/α-hetero) is 1. The lowest BCUT2D eigenvalue weighted by Crippen LogP contribution is -2.43. The molecular weight excluding hydrogens is 476 g/mol. The van der Waals surface area contributed by atoms with E-state index in [0.717, 1.165) is 4.47 Å². The molecule has 0 spiro atoms. The van der Waals surface area contributed by atoms with Crippen LogP contribution in [-0.2, 0) is 18.3 Å². The molecule has 8 heteroatoms. The summed E-state index contributed by atoms with van der Waals surface area (Å²) in [5.41, 5.74) is 2.33. The van der Waals surface area contributed by atoms with Crippen LogP contribution in [0.2, 0.25) is 0 Å². The monoisotopic (exact) mass is 500 g/mol. The predicted molar refractivity (Wildman–Crippen MR) is 123 cm³/mol. The number of ketones is 1. The van der Waals surface area contributed by atoms with Gasteiger partial charge < -0.3 is 18.6 Å². The van der Waals surface area contributed by atoms with Crippen LogP contribution in [0, 0.1) is 13.8 Å². The third-order valence-corrected chi connectivity index (χ3v) is 6.13. The minimum absolute atomic E-state index is 0.125. The van der Waals surface area contributed by atoms with Gasteiger partial charge in [0.15, 0.2) is 5.78 Å². The number of hydrogen-bond donors (Lipinski definition) is 0. The average molecular weight is 501 g/mol. The standard InChI is InChI=1S/C24H25BrN2O5/c1-14-20(15(2)26(4)21(14)24(30)31-5)22(28)16(3)27(13-19-10-7-11-32-19)23(29)17-8-6-9-18(25)12-17/h6-12,16H,13H2,1-5H3. The summed E-state index contributed by atoms with van der Waals surface area (Å²) < 4.78 is 12.7. The Morgan fingerprint density at radius 1 is 1.19 bits per heavy atom. The second-order valence-electron chi connectivity index (χ2n) is 7.55. The fraction of sp³-hybridized carbons (Fsp3) is 0.292. The SMILES string of the molecule is COC(=O)c1c(C)c(C(=O)C(C)N(Cc2ccco2)C(=O)c2cccc(Br)c2)c(C)n1C. The summed E-state index contributed by atoms with van der Waals surface area (Å²) in [5, 5.41) is 0. The number of amides is 1. The van der Waals surface area contributed by atoms with E-state index in [1.165, 1.54) is 18.3 Å². The third-order valence-electron chi connectivity index (χ3n) is 5.64. The van der Waals surface area contributed by atoms with E-state index < -0.39 is 12.0 Å². The second-order valence-corrected chi connectivity index (χ2v) is 8.46. The van der Waals surface area contributed by atoms with Crippen LogP contribution in [-0.4, -0.2) is 40.3 Å². The van der Waals surface area contributed by atoms with Gasteiger partial charge in [-0.2, -0.15) is 0 Å². The molecule has 2 heterocycles. The molecule has 3 rings (SSSR count). The van der Waals surface area contributed by atoms with Gasteiger partial charge in [-0.15, -0.1) is 0 Å². The Morgan fingerprint density at radius 3 is 2.50 bits per heavy atom. The number of rotatable bonds is 7. The Balaban J connectivity index is 2.03. The first-order chi connectivity index (χ1) is 15.2.